The topological polar surface area (TPSA) is 72.5 Å². The van der Waals surface area contributed by atoms with Gasteiger partial charge in [-0.15, -0.1) is 0 Å². The van der Waals surface area contributed by atoms with Crippen molar-refractivity contribution in [1.82, 2.24) is 5.32 Å². The maximum atomic E-state index is 12.1. The van der Waals surface area contributed by atoms with Gasteiger partial charge >= 0.3 is 0 Å². The van der Waals surface area contributed by atoms with Crippen LogP contribution in [0.15, 0.2) is 29.2 Å². The molecule has 94 valence electrons. The van der Waals surface area contributed by atoms with Gasteiger partial charge in [0.15, 0.2) is 9.84 Å². The van der Waals surface area contributed by atoms with Crippen molar-refractivity contribution in [3.8, 4) is 5.75 Å². The lowest BCUT2D eigenvalue weighted by atomic mass is 10.3. The van der Waals surface area contributed by atoms with Crippen LogP contribution in [0.1, 0.15) is 6.92 Å². The third kappa shape index (κ3) is 2.76. The van der Waals surface area contributed by atoms with Gasteiger partial charge in [0.1, 0.15) is 11.0 Å². The van der Waals surface area contributed by atoms with Crippen molar-refractivity contribution in [2.45, 2.75) is 17.1 Å². The van der Waals surface area contributed by atoms with Crippen LogP contribution in [0.5, 0.6) is 5.75 Å². The second-order valence-electron chi connectivity index (χ2n) is 3.48. The van der Waals surface area contributed by atoms with Crippen LogP contribution in [0.25, 0.3) is 0 Å². The van der Waals surface area contributed by atoms with Crippen LogP contribution in [-0.2, 0) is 14.6 Å². The maximum absolute atomic E-state index is 12.1. The molecule has 1 aromatic rings. The van der Waals surface area contributed by atoms with E-state index in [1.165, 1.54) is 33.2 Å². The van der Waals surface area contributed by atoms with Crippen molar-refractivity contribution in [2.24, 2.45) is 0 Å². The first-order chi connectivity index (χ1) is 7.93. The Kier molecular flexibility index (Phi) is 4.11. The Morgan fingerprint density at radius 2 is 2.06 bits per heavy atom. The minimum atomic E-state index is -3.67. The van der Waals surface area contributed by atoms with Crippen LogP contribution in [0.2, 0.25) is 0 Å². The smallest absolute Gasteiger partial charge is 0.238 e. The largest absolute Gasteiger partial charge is 0.497 e. The van der Waals surface area contributed by atoms with E-state index in [4.69, 9.17) is 4.74 Å². The van der Waals surface area contributed by atoms with Gasteiger partial charge in [0.05, 0.1) is 12.0 Å². The molecule has 0 spiro atoms. The molecule has 1 rings (SSSR count). The van der Waals surface area contributed by atoms with Gasteiger partial charge in [-0.3, -0.25) is 4.79 Å². The fraction of sp³-hybridized carbons (Fsp3) is 0.364. The monoisotopic (exact) mass is 257 g/mol. The predicted octanol–water partition coefficient (Wildman–Crippen LogP) is 0.603. The SMILES string of the molecule is CNC(=O)C(C)S(=O)(=O)c1cccc(OC)c1. The van der Waals surface area contributed by atoms with Gasteiger partial charge in [-0.05, 0) is 25.1 Å². The molecule has 1 unspecified atom stereocenters. The molecule has 0 aliphatic heterocycles. The highest BCUT2D eigenvalue weighted by Crippen LogP contribution is 2.21. The summed E-state index contributed by atoms with van der Waals surface area (Å²) in [6, 6.07) is 6.05. The van der Waals surface area contributed by atoms with Gasteiger partial charge < -0.3 is 10.1 Å². The minimum absolute atomic E-state index is 0.0768. The molecule has 6 heteroatoms. The van der Waals surface area contributed by atoms with E-state index in [-0.39, 0.29) is 4.90 Å². The molecule has 0 bridgehead atoms. The van der Waals surface area contributed by atoms with E-state index in [1.54, 1.807) is 12.1 Å². The summed E-state index contributed by atoms with van der Waals surface area (Å²) in [5, 5.41) is 1.19. The first kappa shape index (κ1) is 13.5. The molecule has 0 aromatic heterocycles. The number of ether oxygens (including phenoxy) is 1. The third-order valence-corrected chi connectivity index (χ3v) is 4.51. The van der Waals surface area contributed by atoms with Gasteiger partial charge in [-0.1, -0.05) is 6.07 Å². The normalized spacial score (nSPS) is 12.9. The van der Waals surface area contributed by atoms with Crippen molar-refractivity contribution in [1.29, 1.82) is 0 Å². The minimum Gasteiger partial charge on any atom is -0.497 e. The van der Waals surface area contributed by atoms with Crippen LogP contribution in [-0.4, -0.2) is 33.7 Å². The number of carbonyl (C=O) groups is 1. The first-order valence-electron chi connectivity index (χ1n) is 5.03. The van der Waals surface area contributed by atoms with E-state index in [1.807, 2.05) is 0 Å². The molecule has 0 saturated heterocycles. The number of hydrogen-bond donors (Lipinski definition) is 1. The third-order valence-electron chi connectivity index (χ3n) is 2.45. The predicted molar refractivity (Wildman–Crippen MR) is 63.7 cm³/mol. The lowest BCUT2D eigenvalue weighted by Crippen LogP contribution is -2.35. The van der Waals surface area contributed by atoms with Gasteiger partial charge in [0.2, 0.25) is 5.91 Å². The quantitative estimate of drug-likeness (QED) is 0.857. The number of nitrogens with one attached hydrogen (secondary N) is 1. The number of amides is 1. The van der Waals surface area contributed by atoms with Gasteiger partial charge in [0, 0.05) is 7.05 Å². The summed E-state index contributed by atoms with van der Waals surface area (Å²) in [6.07, 6.45) is 0. The molecule has 0 heterocycles. The van der Waals surface area contributed by atoms with Crippen molar-refractivity contribution in [3.63, 3.8) is 0 Å². The molecule has 0 saturated carbocycles. The number of methoxy groups -OCH3 is 1. The van der Waals surface area contributed by atoms with Crippen molar-refractivity contribution in [2.75, 3.05) is 14.2 Å². The highest BCUT2D eigenvalue weighted by molar-refractivity contribution is 7.92. The Hall–Kier alpha value is -1.56. The zero-order valence-electron chi connectivity index (χ0n) is 9.93. The maximum Gasteiger partial charge on any atom is 0.238 e. The number of benzene rings is 1. The van der Waals surface area contributed by atoms with E-state index < -0.39 is 21.0 Å². The fourth-order valence-corrected chi connectivity index (χ4v) is 2.68. The fourth-order valence-electron chi connectivity index (χ4n) is 1.33. The zero-order chi connectivity index (χ0) is 13.1. The van der Waals surface area contributed by atoms with Crippen LogP contribution < -0.4 is 10.1 Å². The molecular weight excluding hydrogens is 242 g/mol. The molecule has 0 aliphatic carbocycles. The molecule has 1 amide bonds. The summed E-state index contributed by atoms with van der Waals surface area (Å²) in [5.74, 6) is -0.0944. The molecule has 0 aliphatic rings. The highest BCUT2D eigenvalue weighted by Gasteiger charge is 2.29. The van der Waals surface area contributed by atoms with Crippen LogP contribution in [0, 0.1) is 0 Å². The molecular formula is C11H15NO4S. The van der Waals surface area contributed by atoms with E-state index in [2.05, 4.69) is 5.32 Å². The summed E-state index contributed by atoms with van der Waals surface area (Å²) in [4.78, 5) is 11.4. The average molecular weight is 257 g/mol. The van der Waals surface area contributed by atoms with Gasteiger partial charge in [-0.2, -0.15) is 0 Å². The second kappa shape index (κ2) is 5.18. The highest BCUT2D eigenvalue weighted by atomic mass is 32.2. The molecule has 1 atom stereocenters. The first-order valence-corrected chi connectivity index (χ1v) is 6.57. The average Bonchev–Trinajstić information content (AvgIpc) is 2.36. The number of sulfone groups is 1. The molecule has 1 N–H and O–H groups in total. The summed E-state index contributed by atoms with van der Waals surface area (Å²) in [6.45, 7) is 1.35. The van der Waals surface area contributed by atoms with E-state index >= 15 is 0 Å². The lowest BCUT2D eigenvalue weighted by Gasteiger charge is -2.12. The number of rotatable bonds is 4. The molecule has 1 aromatic carbocycles. The molecule has 5 nitrogen and oxygen atoms in total. The van der Waals surface area contributed by atoms with Gasteiger partial charge in [-0.25, -0.2) is 8.42 Å². The molecule has 0 radical (unpaired) electrons. The molecule has 0 fully saturated rings. The second-order valence-corrected chi connectivity index (χ2v) is 5.75. The standard InChI is InChI=1S/C11H15NO4S/c1-8(11(13)12-2)17(14,15)10-6-4-5-9(7-10)16-3/h4-8H,1-3H3,(H,12,13). The Morgan fingerprint density at radius 1 is 1.41 bits per heavy atom. The van der Waals surface area contributed by atoms with E-state index in [9.17, 15) is 13.2 Å². The van der Waals surface area contributed by atoms with Crippen molar-refractivity contribution in [3.05, 3.63) is 24.3 Å². The Labute approximate surface area is 101 Å². The van der Waals surface area contributed by atoms with Crippen LogP contribution >= 0.6 is 0 Å². The number of hydrogen-bond acceptors (Lipinski definition) is 4. The summed E-state index contributed by atoms with van der Waals surface area (Å²) in [7, 11) is -0.820. The lowest BCUT2D eigenvalue weighted by molar-refractivity contribution is -0.119. The van der Waals surface area contributed by atoms with E-state index in [0.29, 0.717) is 5.75 Å². The van der Waals surface area contributed by atoms with Gasteiger partial charge in [0.25, 0.3) is 0 Å². The van der Waals surface area contributed by atoms with E-state index in [0.717, 1.165) is 0 Å². The summed E-state index contributed by atoms with van der Waals surface area (Å²) < 4.78 is 29.1. The van der Waals surface area contributed by atoms with Crippen molar-refractivity contribution >= 4 is 15.7 Å². The number of carbonyl (C=O) groups excluding carboxylic acids is 1. The van der Waals surface area contributed by atoms with Crippen LogP contribution in [0.3, 0.4) is 0 Å². The Bertz CT molecular complexity index is 510. The Balaban J connectivity index is 3.17. The van der Waals surface area contributed by atoms with Crippen LogP contribution in [0.4, 0.5) is 0 Å². The van der Waals surface area contributed by atoms with Crippen molar-refractivity contribution < 1.29 is 17.9 Å². The summed E-state index contributed by atoms with van der Waals surface area (Å²) >= 11 is 0. The summed E-state index contributed by atoms with van der Waals surface area (Å²) in [5.41, 5.74) is 0. The zero-order valence-corrected chi connectivity index (χ0v) is 10.7. The Morgan fingerprint density at radius 3 is 2.59 bits per heavy atom. The molecule has 17 heavy (non-hydrogen) atoms.